The molecule has 1 rings (SSSR count). The zero-order valence-electron chi connectivity index (χ0n) is 10.6. The van der Waals surface area contributed by atoms with Gasteiger partial charge in [-0.15, -0.1) is 0 Å². The Balaban J connectivity index is 2.73. The van der Waals surface area contributed by atoms with Crippen molar-refractivity contribution in [1.29, 1.82) is 0 Å². The summed E-state index contributed by atoms with van der Waals surface area (Å²) in [6, 6.07) is 7.88. The quantitative estimate of drug-likeness (QED) is 0.695. The molecule has 0 heterocycles. The number of halogens is 1. The zero-order chi connectivity index (χ0) is 13.5. The van der Waals surface area contributed by atoms with Crippen LogP contribution in [0.2, 0.25) is 0 Å². The summed E-state index contributed by atoms with van der Waals surface area (Å²) in [6.45, 7) is 9.25. The number of aryl methyl sites for hydroxylation is 1. The summed E-state index contributed by atoms with van der Waals surface area (Å²) >= 11 is 5.84. The standard InChI is InChI=1S/C16H17ClO/c1-4-7-15(13(3)17)11-16(18)10-14-9-6-5-8-12(14)2/h4-9H,1,3,10-11H2,2H3/b15-7-. The highest BCUT2D eigenvalue weighted by Crippen LogP contribution is 2.18. The van der Waals surface area contributed by atoms with E-state index >= 15 is 0 Å². The van der Waals surface area contributed by atoms with E-state index in [0.29, 0.717) is 17.9 Å². The second kappa shape index (κ2) is 6.97. The lowest BCUT2D eigenvalue weighted by Gasteiger charge is -2.06. The Morgan fingerprint density at radius 2 is 2.06 bits per heavy atom. The molecular weight excluding hydrogens is 244 g/mol. The van der Waals surface area contributed by atoms with Crippen molar-refractivity contribution in [2.75, 3.05) is 0 Å². The molecule has 0 aliphatic rings. The van der Waals surface area contributed by atoms with Crippen LogP contribution < -0.4 is 0 Å². The molecule has 0 unspecified atom stereocenters. The molecule has 0 radical (unpaired) electrons. The fraction of sp³-hybridized carbons (Fsp3) is 0.188. The van der Waals surface area contributed by atoms with Crippen molar-refractivity contribution >= 4 is 17.4 Å². The van der Waals surface area contributed by atoms with Crippen molar-refractivity contribution in [3.05, 3.63) is 71.3 Å². The summed E-state index contributed by atoms with van der Waals surface area (Å²) in [4.78, 5) is 12.0. The van der Waals surface area contributed by atoms with Crippen LogP contribution in [0, 0.1) is 6.92 Å². The van der Waals surface area contributed by atoms with Gasteiger partial charge < -0.3 is 0 Å². The maximum atomic E-state index is 12.0. The molecule has 94 valence electrons. The highest BCUT2D eigenvalue weighted by molar-refractivity contribution is 6.31. The first-order valence-corrected chi connectivity index (χ1v) is 6.15. The second-order valence-corrected chi connectivity index (χ2v) is 4.61. The van der Waals surface area contributed by atoms with Crippen LogP contribution in [-0.2, 0) is 11.2 Å². The van der Waals surface area contributed by atoms with Gasteiger partial charge in [0, 0.05) is 17.9 Å². The summed E-state index contributed by atoms with van der Waals surface area (Å²) in [5, 5.41) is 0.396. The number of hydrogen-bond donors (Lipinski definition) is 0. The van der Waals surface area contributed by atoms with E-state index in [1.54, 1.807) is 12.2 Å². The molecule has 0 aromatic heterocycles. The van der Waals surface area contributed by atoms with Crippen molar-refractivity contribution in [2.24, 2.45) is 0 Å². The van der Waals surface area contributed by atoms with Gasteiger partial charge in [-0.05, 0) is 23.6 Å². The number of ketones is 1. The van der Waals surface area contributed by atoms with Crippen LogP contribution in [0.4, 0.5) is 0 Å². The van der Waals surface area contributed by atoms with Crippen LogP contribution in [0.1, 0.15) is 17.5 Å². The van der Waals surface area contributed by atoms with E-state index in [4.69, 9.17) is 11.6 Å². The van der Waals surface area contributed by atoms with E-state index in [0.717, 1.165) is 16.7 Å². The van der Waals surface area contributed by atoms with Crippen molar-refractivity contribution in [2.45, 2.75) is 19.8 Å². The third-order valence-electron chi connectivity index (χ3n) is 2.70. The van der Waals surface area contributed by atoms with Crippen LogP contribution in [-0.4, -0.2) is 5.78 Å². The Morgan fingerprint density at radius 1 is 1.39 bits per heavy atom. The van der Waals surface area contributed by atoms with Crippen molar-refractivity contribution < 1.29 is 4.79 Å². The van der Waals surface area contributed by atoms with E-state index in [9.17, 15) is 4.79 Å². The summed E-state index contributed by atoms with van der Waals surface area (Å²) in [5.74, 6) is 0.124. The molecule has 0 spiro atoms. The number of Topliss-reactive ketones (excluding diaryl/α,β-unsaturated/α-hetero) is 1. The van der Waals surface area contributed by atoms with Crippen LogP contribution in [0.25, 0.3) is 0 Å². The van der Waals surface area contributed by atoms with Crippen LogP contribution in [0.5, 0.6) is 0 Å². The molecule has 2 heteroatoms. The Morgan fingerprint density at radius 3 is 2.61 bits per heavy atom. The number of carbonyl (C=O) groups excluding carboxylic acids is 1. The fourth-order valence-corrected chi connectivity index (χ4v) is 1.81. The summed E-state index contributed by atoms with van der Waals surface area (Å²) in [6.07, 6.45) is 4.06. The minimum atomic E-state index is 0.124. The van der Waals surface area contributed by atoms with Crippen LogP contribution in [0.15, 0.2) is 60.2 Å². The van der Waals surface area contributed by atoms with Crippen molar-refractivity contribution in [1.82, 2.24) is 0 Å². The van der Waals surface area contributed by atoms with E-state index in [1.807, 2.05) is 31.2 Å². The second-order valence-electron chi connectivity index (χ2n) is 4.15. The van der Waals surface area contributed by atoms with Gasteiger partial charge in [0.2, 0.25) is 0 Å². The average Bonchev–Trinajstić information content (AvgIpc) is 2.31. The first-order chi connectivity index (χ1) is 8.54. The van der Waals surface area contributed by atoms with E-state index in [2.05, 4.69) is 13.2 Å². The van der Waals surface area contributed by atoms with Gasteiger partial charge in [-0.1, -0.05) is 61.2 Å². The Bertz CT molecular complexity index is 498. The first-order valence-electron chi connectivity index (χ1n) is 5.77. The number of allylic oxidation sites excluding steroid dienone is 4. The lowest BCUT2D eigenvalue weighted by Crippen LogP contribution is -2.05. The number of hydrogen-bond acceptors (Lipinski definition) is 1. The lowest BCUT2D eigenvalue weighted by molar-refractivity contribution is -0.117. The molecule has 0 saturated carbocycles. The molecule has 0 fully saturated rings. The monoisotopic (exact) mass is 260 g/mol. The lowest BCUT2D eigenvalue weighted by atomic mass is 9.99. The normalized spacial score (nSPS) is 11.1. The summed E-state index contributed by atoms with van der Waals surface area (Å²) in [7, 11) is 0. The highest BCUT2D eigenvalue weighted by atomic mass is 35.5. The third kappa shape index (κ3) is 4.34. The molecule has 0 N–H and O–H groups in total. The minimum Gasteiger partial charge on any atom is -0.299 e. The van der Waals surface area contributed by atoms with Gasteiger partial charge in [0.25, 0.3) is 0 Å². The molecule has 0 bridgehead atoms. The molecule has 18 heavy (non-hydrogen) atoms. The zero-order valence-corrected chi connectivity index (χ0v) is 11.3. The maximum absolute atomic E-state index is 12.0. The molecule has 1 aromatic rings. The number of benzene rings is 1. The van der Waals surface area contributed by atoms with Crippen molar-refractivity contribution in [3.8, 4) is 0 Å². The molecule has 0 aliphatic heterocycles. The molecule has 0 aliphatic carbocycles. The summed E-state index contributed by atoms with van der Waals surface area (Å²) in [5.41, 5.74) is 2.91. The predicted octanol–water partition coefficient (Wildman–Crippen LogP) is 4.36. The summed E-state index contributed by atoms with van der Waals surface area (Å²) < 4.78 is 0. The Labute approximate surface area is 113 Å². The number of rotatable bonds is 6. The van der Waals surface area contributed by atoms with Crippen LogP contribution >= 0.6 is 11.6 Å². The smallest absolute Gasteiger partial charge is 0.141 e. The van der Waals surface area contributed by atoms with E-state index in [-0.39, 0.29) is 5.78 Å². The molecule has 1 nitrogen and oxygen atoms in total. The highest BCUT2D eigenvalue weighted by Gasteiger charge is 2.09. The first kappa shape index (κ1) is 14.5. The Hall–Kier alpha value is -1.60. The van der Waals surface area contributed by atoms with Gasteiger partial charge >= 0.3 is 0 Å². The molecule has 0 saturated heterocycles. The van der Waals surface area contributed by atoms with E-state index < -0.39 is 0 Å². The number of carbonyl (C=O) groups is 1. The Kier molecular flexibility index (Phi) is 5.60. The minimum absolute atomic E-state index is 0.124. The molecule has 0 amide bonds. The molecular formula is C16H17ClO. The maximum Gasteiger partial charge on any atom is 0.141 e. The van der Waals surface area contributed by atoms with Crippen molar-refractivity contribution in [3.63, 3.8) is 0 Å². The fourth-order valence-electron chi connectivity index (χ4n) is 1.68. The average molecular weight is 261 g/mol. The van der Waals surface area contributed by atoms with Gasteiger partial charge in [0.1, 0.15) is 5.78 Å². The largest absolute Gasteiger partial charge is 0.299 e. The third-order valence-corrected chi connectivity index (χ3v) is 2.95. The van der Waals surface area contributed by atoms with Gasteiger partial charge in [0.15, 0.2) is 0 Å². The SMILES string of the molecule is C=C/C=C(/CC(=O)Cc1ccccc1C)C(=C)Cl. The molecule has 0 atom stereocenters. The predicted molar refractivity (Wildman–Crippen MR) is 77.8 cm³/mol. The van der Waals surface area contributed by atoms with Gasteiger partial charge in [-0.3, -0.25) is 4.79 Å². The van der Waals surface area contributed by atoms with Gasteiger partial charge in [0.05, 0.1) is 0 Å². The van der Waals surface area contributed by atoms with Gasteiger partial charge in [-0.25, -0.2) is 0 Å². The van der Waals surface area contributed by atoms with E-state index in [1.165, 1.54) is 0 Å². The van der Waals surface area contributed by atoms with Crippen LogP contribution in [0.3, 0.4) is 0 Å². The van der Waals surface area contributed by atoms with Gasteiger partial charge in [-0.2, -0.15) is 0 Å². The molecule has 1 aromatic carbocycles. The topological polar surface area (TPSA) is 17.1 Å².